The first-order valence-electron chi connectivity index (χ1n) is 23.5. The molecule has 1 aliphatic heterocycles. The van der Waals surface area contributed by atoms with Crippen LogP contribution in [0, 0.1) is 5.92 Å². The minimum absolute atomic E-state index is 0.389. The molecule has 52 heavy (non-hydrogen) atoms. The third kappa shape index (κ3) is 28.2. The number of unbranched alkanes of at least 4 members (excludes halogenated alkanes) is 32. The molecule has 0 spiro atoms. The molecule has 0 aliphatic carbocycles. The Labute approximate surface area is 324 Å². The Morgan fingerprint density at radius 3 is 0.981 bits per heavy atom. The molecule has 1 rings (SSSR count). The van der Waals surface area contributed by atoms with Gasteiger partial charge in [0.05, 0.1) is 13.2 Å². The fourth-order valence-corrected chi connectivity index (χ4v) is 8.06. The molecule has 6 atom stereocenters. The molecule has 0 aromatic heterocycles. The van der Waals surface area contributed by atoms with Crippen molar-refractivity contribution in [1.29, 1.82) is 0 Å². The molecular formula is C46H92O6. The van der Waals surface area contributed by atoms with Crippen molar-refractivity contribution in [2.75, 3.05) is 13.2 Å². The van der Waals surface area contributed by atoms with Crippen molar-refractivity contribution >= 4 is 0 Å². The molecule has 4 N–H and O–H groups in total. The topological polar surface area (TPSA) is 99.4 Å². The lowest BCUT2D eigenvalue weighted by atomic mass is 9.94. The van der Waals surface area contributed by atoms with Gasteiger partial charge in [0.1, 0.15) is 24.4 Å². The average molecular weight is 741 g/mol. The number of ether oxygens (including phenoxy) is 2. The highest BCUT2D eigenvalue weighted by Gasteiger charge is 2.44. The van der Waals surface area contributed by atoms with Crippen molar-refractivity contribution in [1.82, 2.24) is 0 Å². The standard InChI is InChI=1S/C46H92O6/c1-3-5-7-9-11-13-15-17-19-20-21-22-23-24-26-28-30-32-34-36-38-41(40-51-46-45(50)44(49)43(48)42(39-47)52-46)37-35-33-31-29-27-25-18-16-14-12-10-8-6-4-2/h41-50H,3-40H2,1-2H3/t41?,42-,43+,44+,45-,46-/m1/s1. The Morgan fingerprint density at radius 1 is 0.404 bits per heavy atom. The highest BCUT2D eigenvalue weighted by Crippen LogP contribution is 2.26. The van der Waals surface area contributed by atoms with Gasteiger partial charge >= 0.3 is 0 Å². The van der Waals surface area contributed by atoms with Gasteiger partial charge in [-0.3, -0.25) is 0 Å². The summed E-state index contributed by atoms with van der Waals surface area (Å²) in [5, 5.41) is 40.3. The number of hydrogen-bond acceptors (Lipinski definition) is 6. The summed E-state index contributed by atoms with van der Waals surface area (Å²) in [5.74, 6) is 0.389. The molecule has 312 valence electrons. The first-order valence-corrected chi connectivity index (χ1v) is 23.5. The maximum absolute atomic E-state index is 10.5. The van der Waals surface area contributed by atoms with Gasteiger partial charge < -0.3 is 29.9 Å². The normalized spacial score (nSPS) is 21.2. The lowest BCUT2D eigenvalue weighted by molar-refractivity contribution is -0.303. The quantitative estimate of drug-likeness (QED) is 0.0467. The lowest BCUT2D eigenvalue weighted by Gasteiger charge is -2.40. The van der Waals surface area contributed by atoms with Crippen LogP contribution in [-0.2, 0) is 9.47 Å². The van der Waals surface area contributed by atoms with Crippen LogP contribution < -0.4 is 0 Å². The minimum Gasteiger partial charge on any atom is -0.394 e. The first-order chi connectivity index (χ1) is 25.5. The van der Waals surface area contributed by atoms with Gasteiger partial charge in [0.25, 0.3) is 0 Å². The molecule has 1 heterocycles. The van der Waals surface area contributed by atoms with Gasteiger partial charge in [0, 0.05) is 0 Å². The van der Waals surface area contributed by atoms with E-state index in [1.165, 1.54) is 218 Å². The third-order valence-electron chi connectivity index (χ3n) is 11.8. The largest absolute Gasteiger partial charge is 0.394 e. The second-order valence-corrected chi connectivity index (χ2v) is 16.8. The predicted molar refractivity (Wildman–Crippen MR) is 221 cm³/mol. The third-order valence-corrected chi connectivity index (χ3v) is 11.8. The van der Waals surface area contributed by atoms with Crippen molar-refractivity contribution in [3.63, 3.8) is 0 Å². The van der Waals surface area contributed by atoms with Crippen LogP contribution in [0.1, 0.15) is 245 Å². The number of aliphatic hydroxyl groups excluding tert-OH is 4. The summed E-state index contributed by atoms with van der Waals surface area (Å²) in [6.45, 7) is 4.62. The van der Waals surface area contributed by atoms with E-state index >= 15 is 0 Å². The van der Waals surface area contributed by atoms with Crippen LogP contribution in [0.4, 0.5) is 0 Å². The van der Waals surface area contributed by atoms with Gasteiger partial charge in [-0.1, -0.05) is 232 Å². The smallest absolute Gasteiger partial charge is 0.186 e. The van der Waals surface area contributed by atoms with Gasteiger partial charge in [0.15, 0.2) is 6.29 Å². The van der Waals surface area contributed by atoms with E-state index in [2.05, 4.69) is 13.8 Å². The second-order valence-electron chi connectivity index (χ2n) is 16.8. The van der Waals surface area contributed by atoms with Crippen molar-refractivity contribution in [2.45, 2.75) is 276 Å². The van der Waals surface area contributed by atoms with Crippen LogP contribution in [0.15, 0.2) is 0 Å². The lowest BCUT2D eigenvalue weighted by Crippen LogP contribution is -2.59. The first kappa shape index (κ1) is 49.8. The molecule has 1 fully saturated rings. The number of aliphatic hydroxyl groups is 4. The summed E-state index contributed by atoms with van der Waals surface area (Å²) in [6, 6.07) is 0. The maximum Gasteiger partial charge on any atom is 0.186 e. The van der Waals surface area contributed by atoms with Crippen molar-refractivity contribution < 1.29 is 29.9 Å². The molecule has 0 bridgehead atoms. The van der Waals surface area contributed by atoms with Crippen LogP contribution in [-0.4, -0.2) is 64.3 Å². The monoisotopic (exact) mass is 741 g/mol. The van der Waals surface area contributed by atoms with E-state index in [-0.39, 0.29) is 0 Å². The Balaban J connectivity index is 2.16. The van der Waals surface area contributed by atoms with E-state index in [9.17, 15) is 20.4 Å². The van der Waals surface area contributed by atoms with Crippen LogP contribution in [0.3, 0.4) is 0 Å². The van der Waals surface area contributed by atoms with Crippen LogP contribution in [0.25, 0.3) is 0 Å². The molecule has 1 unspecified atom stereocenters. The van der Waals surface area contributed by atoms with Crippen molar-refractivity contribution in [3.05, 3.63) is 0 Å². The molecule has 0 saturated carbocycles. The van der Waals surface area contributed by atoms with E-state index in [1.54, 1.807) is 0 Å². The molecule has 1 saturated heterocycles. The molecule has 6 heteroatoms. The highest BCUT2D eigenvalue weighted by atomic mass is 16.7. The van der Waals surface area contributed by atoms with Gasteiger partial charge in [-0.25, -0.2) is 0 Å². The van der Waals surface area contributed by atoms with Crippen LogP contribution >= 0.6 is 0 Å². The number of hydrogen-bond donors (Lipinski definition) is 4. The molecule has 0 aromatic rings. The van der Waals surface area contributed by atoms with Crippen molar-refractivity contribution in [2.24, 2.45) is 5.92 Å². The molecule has 0 amide bonds. The Morgan fingerprint density at radius 2 is 0.692 bits per heavy atom. The van der Waals surface area contributed by atoms with Gasteiger partial charge in [-0.2, -0.15) is 0 Å². The Hall–Kier alpha value is -0.240. The molecule has 0 aromatic carbocycles. The predicted octanol–water partition coefficient (Wildman–Crippen LogP) is 12.5. The van der Waals surface area contributed by atoms with Gasteiger partial charge in [-0.05, 0) is 18.8 Å². The zero-order valence-corrected chi connectivity index (χ0v) is 34.9. The molecular weight excluding hydrogens is 649 g/mol. The fourth-order valence-electron chi connectivity index (χ4n) is 8.06. The average Bonchev–Trinajstić information content (AvgIpc) is 3.15. The summed E-state index contributed by atoms with van der Waals surface area (Å²) in [6.07, 6.45) is 43.0. The minimum atomic E-state index is -1.38. The van der Waals surface area contributed by atoms with E-state index in [1.807, 2.05) is 0 Å². The van der Waals surface area contributed by atoms with E-state index in [0.29, 0.717) is 12.5 Å². The van der Waals surface area contributed by atoms with Crippen LogP contribution in [0.5, 0.6) is 0 Å². The highest BCUT2D eigenvalue weighted by molar-refractivity contribution is 4.89. The van der Waals surface area contributed by atoms with E-state index < -0.39 is 37.3 Å². The SMILES string of the molecule is CCCCCCCCCCCCCCCCCCCCCCC(CCCCCCCCCCCCCCCC)CO[C@@H]1O[C@H](CO)[C@H](O)[C@H](O)[C@H]1O. The molecule has 1 aliphatic rings. The summed E-state index contributed by atoms with van der Waals surface area (Å²) < 4.78 is 11.6. The summed E-state index contributed by atoms with van der Waals surface area (Å²) >= 11 is 0. The zero-order chi connectivity index (χ0) is 37.7. The van der Waals surface area contributed by atoms with Gasteiger partial charge in [-0.15, -0.1) is 0 Å². The maximum atomic E-state index is 10.5. The molecule has 6 nitrogen and oxygen atoms in total. The summed E-state index contributed by atoms with van der Waals surface area (Å²) in [4.78, 5) is 0. The second kappa shape index (κ2) is 37.7. The summed E-state index contributed by atoms with van der Waals surface area (Å²) in [5.41, 5.74) is 0. The number of rotatable bonds is 40. The van der Waals surface area contributed by atoms with E-state index in [4.69, 9.17) is 9.47 Å². The zero-order valence-electron chi connectivity index (χ0n) is 34.9. The van der Waals surface area contributed by atoms with Crippen molar-refractivity contribution in [3.8, 4) is 0 Å². The van der Waals surface area contributed by atoms with E-state index in [0.717, 1.165) is 12.8 Å². The van der Waals surface area contributed by atoms with Crippen LogP contribution in [0.2, 0.25) is 0 Å². The summed E-state index contributed by atoms with van der Waals surface area (Å²) in [7, 11) is 0. The molecule has 0 radical (unpaired) electrons. The van der Waals surface area contributed by atoms with Gasteiger partial charge in [0.2, 0.25) is 0 Å². The Kier molecular flexibility index (Phi) is 36.1. The fraction of sp³-hybridized carbons (Fsp3) is 1.00. The Bertz CT molecular complexity index is 704.